The highest BCUT2D eigenvalue weighted by molar-refractivity contribution is 9.10. The minimum atomic E-state index is -0.210. The van der Waals surface area contributed by atoms with Crippen molar-refractivity contribution >= 4 is 27.3 Å². The summed E-state index contributed by atoms with van der Waals surface area (Å²) < 4.78 is 1.14. The Labute approximate surface area is 127 Å². The molecule has 0 spiro atoms. The Balaban J connectivity index is 1.75. The van der Waals surface area contributed by atoms with Crippen LogP contribution in [0.2, 0.25) is 0 Å². The van der Waals surface area contributed by atoms with Gasteiger partial charge in [0.2, 0.25) is 0 Å². The third kappa shape index (κ3) is 2.78. The maximum absolute atomic E-state index is 10.9. The first kappa shape index (κ1) is 14.1. The van der Waals surface area contributed by atoms with Crippen molar-refractivity contribution in [3.63, 3.8) is 0 Å². The van der Waals surface area contributed by atoms with Crippen LogP contribution >= 0.6 is 27.3 Å². The maximum Gasteiger partial charge on any atom is 0.0771 e. The number of aliphatic hydroxyl groups excluding tert-OH is 1. The summed E-state index contributed by atoms with van der Waals surface area (Å²) in [5, 5.41) is 13.0. The molecule has 3 rings (SSSR count). The highest BCUT2D eigenvalue weighted by Crippen LogP contribution is 2.41. The molecule has 0 bridgehead atoms. The fourth-order valence-corrected chi connectivity index (χ4v) is 5.34. The van der Waals surface area contributed by atoms with Crippen LogP contribution in [0.15, 0.2) is 15.9 Å². The molecular formula is C15H22BrNOS. The molecule has 1 saturated carbocycles. The van der Waals surface area contributed by atoms with Gasteiger partial charge in [-0.25, -0.2) is 0 Å². The van der Waals surface area contributed by atoms with Crippen LogP contribution in [0, 0.1) is 0 Å². The molecule has 1 unspecified atom stereocenters. The summed E-state index contributed by atoms with van der Waals surface area (Å²) in [4.78, 5) is 3.89. The lowest BCUT2D eigenvalue weighted by molar-refractivity contribution is -0.0167. The van der Waals surface area contributed by atoms with Crippen molar-refractivity contribution in [2.45, 2.75) is 56.6 Å². The molecule has 19 heavy (non-hydrogen) atoms. The topological polar surface area (TPSA) is 23.5 Å². The molecule has 0 aromatic carbocycles. The second kappa shape index (κ2) is 5.84. The third-order valence-electron chi connectivity index (χ3n) is 4.84. The average Bonchev–Trinajstić information content (AvgIpc) is 3.09. The minimum absolute atomic E-state index is 0.0764. The smallest absolute Gasteiger partial charge is 0.0771 e. The van der Waals surface area contributed by atoms with E-state index in [-0.39, 0.29) is 11.6 Å². The molecule has 1 aromatic rings. The molecule has 2 nitrogen and oxygen atoms in total. The lowest BCUT2D eigenvalue weighted by Crippen LogP contribution is -2.54. The largest absolute Gasteiger partial charge is 0.391 e. The van der Waals surface area contributed by atoms with Gasteiger partial charge in [-0.05, 0) is 60.8 Å². The van der Waals surface area contributed by atoms with Crippen LogP contribution in [-0.2, 0) is 6.42 Å². The third-order valence-corrected chi connectivity index (χ3v) is 6.56. The molecule has 106 valence electrons. The van der Waals surface area contributed by atoms with Gasteiger partial charge in [0, 0.05) is 26.7 Å². The Kier molecular flexibility index (Phi) is 4.32. The Morgan fingerprint density at radius 3 is 2.53 bits per heavy atom. The minimum Gasteiger partial charge on any atom is -0.391 e. The van der Waals surface area contributed by atoms with E-state index in [1.165, 1.54) is 56.5 Å². The molecule has 4 heteroatoms. The lowest BCUT2D eigenvalue weighted by Gasteiger charge is -2.42. The van der Waals surface area contributed by atoms with E-state index in [1.807, 2.05) is 0 Å². The predicted molar refractivity (Wildman–Crippen MR) is 83.7 cm³/mol. The molecule has 2 fully saturated rings. The zero-order valence-corrected chi connectivity index (χ0v) is 13.7. The summed E-state index contributed by atoms with van der Waals surface area (Å²) in [5.41, 5.74) is 0.0764. The first-order valence-electron chi connectivity index (χ1n) is 7.37. The fourth-order valence-electron chi connectivity index (χ4n) is 3.85. The number of hydrogen-bond donors (Lipinski definition) is 1. The van der Waals surface area contributed by atoms with Gasteiger partial charge in [-0.2, -0.15) is 0 Å². The van der Waals surface area contributed by atoms with Crippen LogP contribution in [0.3, 0.4) is 0 Å². The number of nitrogens with zero attached hydrogens (tertiary/aromatic N) is 1. The van der Waals surface area contributed by atoms with Crippen molar-refractivity contribution in [3.8, 4) is 0 Å². The van der Waals surface area contributed by atoms with Crippen LogP contribution in [0.1, 0.15) is 43.4 Å². The molecule has 1 saturated heterocycles. The molecule has 0 amide bonds. The van der Waals surface area contributed by atoms with Crippen molar-refractivity contribution in [3.05, 3.63) is 20.8 Å². The molecular weight excluding hydrogens is 322 g/mol. The first-order chi connectivity index (χ1) is 9.21. The van der Waals surface area contributed by atoms with Gasteiger partial charge < -0.3 is 5.11 Å². The van der Waals surface area contributed by atoms with Crippen molar-refractivity contribution in [2.24, 2.45) is 0 Å². The summed E-state index contributed by atoms with van der Waals surface area (Å²) >= 11 is 5.26. The lowest BCUT2D eigenvalue weighted by atomic mass is 9.86. The van der Waals surface area contributed by atoms with Gasteiger partial charge in [0.05, 0.1) is 6.10 Å². The van der Waals surface area contributed by atoms with E-state index in [0.29, 0.717) is 0 Å². The highest BCUT2D eigenvalue weighted by atomic mass is 79.9. The summed E-state index contributed by atoms with van der Waals surface area (Å²) in [5.74, 6) is 0. The Morgan fingerprint density at radius 2 is 1.95 bits per heavy atom. The van der Waals surface area contributed by atoms with Crippen molar-refractivity contribution in [2.75, 3.05) is 13.1 Å². The van der Waals surface area contributed by atoms with Crippen LogP contribution in [0.5, 0.6) is 0 Å². The van der Waals surface area contributed by atoms with Gasteiger partial charge >= 0.3 is 0 Å². The van der Waals surface area contributed by atoms with E-state index in [2.05, 4.69) is 32.3 Å². The zero-order chi connectivity index (χ0) is 13.3. The van der Waals surface area contributed by atoms with Gasteiger partial charge in [0.25, 0.3) is 0 Å². The monoisotopic (exact) mass is 343 g/mol. The number of hydrogen-bond acceptors (Lipinski definition) is 3. The standard InChI is InChI=1S/C15H22BrNOS/c16-12-9-13(19-11-12)10-14(18)15(5-1-2-6-15)17-7-3-4-8-17/h9,11,14,18H,1-8,10H2. The zero-order valence-electron chi connectivity index (χ0n) is 11.3. The number of halogens is 1. The fraction of sp³-hybridized carbons (Fsp3) is 0.733. The predicted octanol–water partition coefficient (Wildman–Crippen LogP) is 3.82. The summed E-state index contributed by atoms with van der Waals surface area (Å²) in [7, 11) is 0. The second-order valence-electron chi connectivity index (χ2n) is 5.96. The van der Waals surface area contributed by atoms with Gasteiger partial charge in [-0.3, -0.25) is 4.90 Å². The number of thiophene rings is 1. The summed E-state index contributed by atoms with van der Waals surface area (Å²) in [6.45, 7) is 2.37. The molecule has 2 heterocycles. The van der Waals surface area contributed by atoms with E-state index in [4.69, 9.17) is 0 Å². The van der Waals surface area contributed by atoms with Crippen molar-refractivity contribution in [1.29, 1.82) is 0 Å². The second-order valence-corrected chi connectivity index (χ2v) is 7.87. The van der Waals surface area contributed by atoms with Gasteiger partial charge in [0.15, 0.2) is 0 Å². The van der Waals surface area contributed by atoms with Crippen LogP contribution in [0.4, 0.5) is 0 Å². The highest BCUT2D eigenvalue weighted by Gasteiger charge is 2.45. The average molecular weight is 344 g/mol. The number of aliphatic hydroxyl groups is 1. The van der Waals surface area contributed by atoms with Crippen LogP contribution in [-0.4, -0.2) is 34.7 Å². The van der Waals surface area contributed by atoms with E-state index in [1.54, 1.807) is 11.3 Å². The van der Waals surface area contributed by atoms with E-state index in [0.717, 1.165) is 10.9 Å². The van der Waals surface area contributed by atoms with E-state index >= 15 is 0 Å². The van der Waals surface area contributed by atoms with Crippen LogP contribution in [0.25, 0.3) is 0 Å². The molecule has 1 aromatic heterocycles. The van der Waals surface area contributed by atoms with Crippen LogP contribution < -0.4 is 0 Å². The Hall–Kier alpha value is 0.1000. The van der Waals surface area contributed by atoms with E-state index < -0.39 is 0 Å². The Morgan fingerprint density at radius 1 is 1.26 bits per heavy atom. The molecule has 1 aliphatic heterocycles. The van der Waals surface area contributed by atoms with Crippen molar-refractivity contribution < 1.29 is 5.11 Å². The van der Waals surface area contributed by atoms with Crippen molar-refractivity contribution in [1.82, 2.24) is 4.90 Å². The number of likely N-dealkylation sites (tertiary alicyclic amines) is 1. The molecule has 1 atom stereocenters. The van der Waals surface area contributed by atoms with Gasteiger partial charge in [-0.15, -0.1) is 11.3 Å². The Bertz CT molecular complexity index is 422. The molecule has 1 N–H and O–H groups in total. The number of rotatable bonds is 4. The summed E-state index contributed by atoms with van der Waals surface area (Å²) in [6, 6.07) is 2.15. The van der Waals surface area contributed by atoms with E-state index in [9.17, 15) is 5.11 Å². The first-order valence-corrected chi connectivity index (χ1v) is 9.04. The maximum atomic E-state index is 10.9. The SMILES string of the molecule is OC(Cc1cc(Br)cs1)C1(N2CCCC2)CCCC1. The normalized spacial score (nSPS) is 24.9. The molecule has 1 aliphatic carbocycles. The van der Waals surface area contributed by atoms with Gasteiger partial charge in [0.1, 0.15) is 0 Å². The quantitative estimate of drug-likeness (QED) is 0.898. The molecule has 2 aliphatic rings. The van der Waals surface area contributed by atoms with Gasteiger partial charge in [-0.1, -0.05) is 12.8 Å². The summed E-state index contributed by atoms with van der Waals surface area (Å²) in [6.07, 6.45) is 8.13. The molecule has 0 radical (unpaired) electrons.